The molecule has 2 aromatic carbocycles. The zero-order valence-electron chi connectivity index (χ0n) is 14.9. The number of rotatable bonds is 3. The summed E-state index contributed by atoms with van der Waals surface area (Å²) in [5, 5.41) is 4.84. The van der Waals surface area contributed by atoms with Crippen LogP contribution in [0.4, 0.5) is 10.1 Å². The van der Waals surface area contributed by atoms with Crippen LogP contribution in [0.25, 0.3) is 0 Å². The third kappa shape index (κ3) is 3.19. The molecule has 28 heavy (non-hydrogen) atoms. The van der Waals surface area contributed by atoms with E-state index in [0.717, 1.165) is 10.9 Å². The van der Waals surface area contributed by atoms with Crippen molar-refractivity contribution in [3.05, 3.63) is 86.8 Å². The molecule has 0 aliphatic carbocycles. The number of thiophene rings is 1. The lowest BCUT2D eigenvalue weighted by atomic mass is 9.81. The molecular weight excluding hydrogens is 399 g/mol. The summed E-state index contributed by atoms with van der Waals surface area (Å²) in [5.41, 5.74) is 1.50. The summed E-state index contributed by atoms with van der Waals surface area (Å²) in [6, 6.07) is 14.3. The third-order valence-electron chi connectivity index (χ3n) is 4.89. The number of fused-ring (bicyclic) bond motifs is 1. The van der Waals surface area contributed by atoms with Gasteiger partial charge in [0.05, 0.1) is 22.7 Å². The van der Waals surface area contributed by atoms with Crippen molar-refractivity contribution >= 4 is 40.4 Å². The number of halogens is 2. The first-order valence-corrected chi connectivity index (χ1v) is 9.88. The topological polar surface area (TPSA) is 49.4 Å². The van der Waals surface area contributed by atoms with Crippen molar-refractivity contribution in [1.29, 1.82) is 0 Å². The molecule has 4 nitrogen and oxygen atoms in total. The van der Waals surface area contributed by atoms with Crippen LogP contribution in [0.2, 0.25) is 5.02 Å². The number of hydrogen-bond donors (Lipinski definition) is 1. The molecule has 0 saturated carbocycles. The van der Waals surface area contributed by atoms with Crippen LogP contribution in [0, 0.1) is 5.82 Å². The first-order chi connectivity index (χ1) is 13.5. The van der Waals surface area contributed by atoms with E-state index in [9.17, 15) is 14.0 Å². The van der Waals surface area contributed by atoms with E-state index in [2.05, 4.69) is 5.32 Å². The van der Waals surface area contributed by atoms with Crippen molar-refractivity contribution in [3.8, 4) is 0 Å². The van der Waals surface area contributed by atoms with Crippen molar-refractivity contribution in [2.24, 2.45) is 0 Å². The Balaban J connectivity index is 1.79. The smallest absolute Gasteiger partial charge is 0.254 e. The van der Waals surface area contributed by atoms with Crippen LogP contribution in [-0.4, -0.2) is 23.8 Å². The Morgan fingerprint density at radius 1 is 1.18 bits per heavy atom. The van der Waals surface area contributed by atoms with Gasteiger partial charge in [-0.15, -0.1) is 11.3 Å². The van der Waals surface area contributed by atoms with Gasteiger partial charge in [0.2, 0.25) is 5.91 Å². The van der Waals surface area contributed by atoms with Gasteiger partial charge in [-0.1, -0.05) is 35.9 Å². The SMILES string of the molecule is CN1C(=O)c2ccccc2[C@@H](C(=O)Nc2ccc(F)cc2Cl)[C@@H]1c1cccs1. The van der Waals surface area contributed by atoms with Gasteiger partial charge >= 0.3 is 0 Å². The summed E-state index contributed by atoms with van der Waals surface area (Å²) in [6.45, 7) is 0. The number of carbonyl (C=O) groups is 2. The van der Waals surface area contributed by atoms with E-state index in [1.807, 2.05) is 23.6 Å². The van der Waals surface area contributed by atoms with Crippen LogP contribution >= 0.6 is 22.9 Å². The van der Waals surface area contributed by atoms with Crippen molar-refractivity contribution < 1.29 is 14.0 Å². The molecule has 1 N–H and O–H groups in total. The van der Waals surface area contributed by atoms with Gasteiger partial charge in [-0.05, 0) is 41.3 Å². The summed E-state index contributed by atoms with van der Waals surface area (Å²) in [7, 11) is 1.70. The monoisotopic (exact) mass is 414 g/mol. The van der Waals surface area contributed by atoms with Crippen molar-refractivity contribution in [2.75, 3.05) is 12.4 Å². The van der Waals surface area contributed by atoms with E-state index in [1.165, 1.54) is 23.5 Å². The van der Waals surface area contributed by atoms with Gasteiger partial charge in [0.1, 0.15) is 5.82 Å². The summed E-state index contributed by atoms with van der Waals surface area (Å²) < 4.78 is 13.3. The summed E-state index contributed by atoms with van der Waals surface area (Å²) >= 11 is 7.58. The maximum absolute atomic E-state index is 13.3. The number of carbonyl (C=O) groups excluding carboxylic acids is 2. The molecule has 1 aliphatic rings. The van der Waals surface area contributed by atoms with E-state index in [0.29, 0.717) is 16.8 Å². The number of hydrogen-bond acceptors (Lipinski definition) is 3. The van der Waals surface area contributed by atoms with Crippen LogP contribution in [0.1, 0.15) is 32.8 Å². The molecule has 142 valence electrons. The normalized spacial score (nSPS) is 18.7. The van der Waals surface area contributed by atoms with E-state index in [-0.39, 0.29) is 16.8 Å². The highest BCUT2D eigenvalue weighted by molar-refractivity contribution is 7.10. The molecule has 0 spiro atoms. The molecule has 0 saturated heterocycles. The van der Waals surface area contributed by atoms with Gasteiger partial charge in [0.15, 0.2) is 0 Å². The Bertz CT molecular complexity index is 1050. The van der Waals surface area contributed by atoms with Gasteiger partial charge in [0.25, 0.3) is 5.91 Å². The van der Waals surface area contributed by atoms with Crippen molar-refractivity contribution in [2.45, 2.75) is 12.0 Å². The third-order valence-corrected chi connectivity index (χ3v) is 6.14. The van der Waals surface area contributed by atoms with Gasteiger partial charge in [-0.3, -0.25) is 9.59 Å². The second-order valence-electron chi connectivity index (χ2n) is 6.55. The maximum Gasteiger partial charge on any atom is 0.254 e. The number of likely N-dealkylation sites (N-methyl/N-ethyl adjacent to an activating group) is 1. The van der Waals surface area contributed by atoms with Crippen LogP contribution in [-0.2, 0) is 4.79 Å². The van der Waals surface area contributed by atoms with Gasteiger partial charge < -0.3 is 10.2 Å². The van der Waals surface area contributed by atoms with Crippen molar-refractivity contribution in [3.63, 3.8) is 0 Å². The largest absolute Gasteiger partial charge is 0.333 e. The molecule has 4 rings (SSSR count). The lowest BCUT2D eigenvalue weighted by molar-refractivity contribution is -0.119. The Labute approximate surface area is 170 Å². The lowest BCUT2D eigenvalue weighted by Crippen LogP contribution is -2.43. The second-order valence-corrected chi connectivity index (χ2v) is 7.94. The van der Waals surface area contributed by atoms with E-state index < -0.39 is 17.8 Å². The van der Waals surface area contributed by atoms with E-state index in [1.54, 1.807) is 30.1 Å². The second kappa shape index (κ2) is 7.37. The Morgan fingerprint density at radius 3 is 2.68 bits per heavy atom. The zero-order chi connectivity index (χ0) is 19.8. The highest BCUT2D eigenvalue weighted by atomic mass is 35.5. The average molecular weight is 415 g/mol. The average Bonchev–Trinajstić information content (AvgIpc) is 3.21. The number of benzene rings is 2. The van der Waals surface area contributed by atoms with Crippen LogP contribution in [0.5, 0.6) is 0 Å². The fraction of sp³-hybridized carbons (Fsp3) is 0.143. The molecule has 0 radical (unpaired) electrons. The first kappa shape index (κ1) is 18.7. The predicted octanol–water partition coefficient (Wildman–Crippen LogP) is 5.09. The zero-order valence-corrected chi connectivity index (χ0v) is 16.4. The van der Waals surface area contributed by atoms with Crippen molar-refractivity contribution in [1.82, 2.24) is 4.90 Å². The van der Waals surface area contributed by atoms with E-state index >= 15 is 0 Å². The quantitative estimate of drug-likeness (QED) is 0.649. The molecule has 0 fully saturated rings. The molecule has 2 atom stereocenters. The Morgan fingerprint density at radius 2 is 1.96 bits per heavy atom. The minimum atomic E-state index is -0.626. The lowest BCUT2D eigenvalue weighted by Gasteiger charge is -2.39. The molecular formula is C21H16ClFN2O2S. The van der Waals surface area contributed by atoms with Gasteiger partial charge in [-0.25, -0.2) is 4.39 Å². The number of nitrogens with one attached hydrogen (secondary N) is 1. The van der Waals surface area contributed by atoms with Crippen LogP contribution in [0.15, 0.2) is 60.0 Å². The van der Waals surface area contributed by atoms with Crippen LogP contribution in [0.3, 0.4) is 0 Å². The molecule has 2 heterocycles. The summed E-state index contributed by atoms with van der Waals surface area (Å²) in [4.78, 5) is 28.7. The summed E-state index contributed by atoms with van der Waals surface area (Å²) in [6.07, 6.45) is 0. The van der Waals surface area contributed by atoms with Crippen LogP contribution < -0.4 is 5.32 Å². The van der Waals surface area contributed by atoms with Gasteiger partial charge in [0, 0.05) is 17.5 Å². The van der Waals surface area contributed by atoms with Gasteiger partial charge in [-0.2, -0.15) is 0 Å². The molecule has 0 bridgehead atoms. The minimum Gasteiger partial charge on any atom is -0.333 e. The summed E-state index contributed by atoms with van der Waals surface area (Å²) in [5.74, 6) is -1.54. The fourth-order valence-electron chi connectivity index (χ4n) is 3.57. The molecule has 3 aromatic rings. The Kier molecular flexibility index (Phi) is 4.91. The molecule has 2 amide bonds. The Hall–Kier alpha value is -2.70. The number of amides is 2. The highest BCUT2D eigenvalue weighted by Gasteiger charge is 2.43. The number of nitrogens with zero attached hydrogens (tertiary/aromatic N) is 1. The molecule has 1 aromatic heterocycles. The number of anilines is 1. The highest BCUT2D eigenvalue weighted by Crippen LogP contribution is 2.44. The maximum atomic E-state index is 13.3. The molecule has 0 unspecified atom stereocenters. The minimum absolute atomic E-state index is 0.120. The predicted molar refractivity (Wildman–Crippen MR) is 108 cm³/mol. The standard InChI is InChI=1S/C21H16ClFN2O2S/c1-25-19(17-7-4-10-28-17)18(13-5-2-3-6-14(13)21(25)27)20(26)24-16-9-8-12(23)11-15(16)22/h2-11,18-19H,1H3,(H,24,26)/t18-,19+/m1/s1. The van der Waals surface area contributed by atoms with E-state index in [4.69, 9.17) is 11.6 Å². The fourth-order valence-corrected chi connectivity index (χ4v) is 4.69. The molecule has 7 heteroatoms. The first-order valence-electron chi connectivity index (χ1n) is 8.63. The molecule has 1 aliphatic heterocycles.